The lowest BCUT2D eigenvalue weighted by Crippen LogP contribution is -2.42. The van der Waals surface area contributed by atoms with E-state index in [1.807, 2.05) is 0 Å². The molecule has 1 atom stereocenters. The van der Waals surface area contributed by atoms with Crippen molar-refractivity contribution in [1.82, 2.24) is 9.88 Å². The van der Waals surface area contributed by atoms with Crippen molar-refractivity contribution < 1.29 is 4.39 Å². The zero-order valence-corrected chi connectivity index (χ0v) is 9.92. The second-order valence-electron chi connectivity index (χ2n) is 4.15. The molecule has 0 aromatic carbocycles. The molecule has 0 amide bonds. The van der Waals surface area contributed by atoms with E-state index in [4.69, 9.17) is 5.73 Å². The first-order chi connectivity index (χ1) is 7.24. The Morgan fingerprint density at radius 1 is 1.50 bits per heavy atom. The van der Waals surface area contributed by atoms with Gasteiger partial charge >= 0.3 is 0 Å². The summed E-state index contributed by atoms with van der Waals surface area (Å²) in [7, 11) is 0. The predicted molar refractivity (Wildman–Crippen MR) is 63.9 cm³/mol. The maximum absolute atomic E-state index is 12.9. The predicted octanol–water partition coefficient (Wildman–Crippen LogP) is 1.57. The van der Waals surface area contributed by atoms with Crippen molar-refractivity contribution in [3.8, 4) is 0 Å². The molecule has 0 radical (unpaired) electrons. The Kier molecular flexibility index (Phi) is 5.12. The highest BCUT2D eigenvalue weighted by molar-refractivity contribution is 5.85. The van der Waals surface area contributed by atoms with E-state index in [1.54, 1.807) is 6.20 Å². The molecule has 3 nitrogen and oxygen atoms in total. The molecule has 0 aliphatic carbocycles. The largest absolute Gasteiger partial charge is 0.327 e. The third-order valence-corrected chi connectivity index (χ3v) is 2.71. The number of halogens is 2. The molecule has 5 heteroatoms. The summed E-state index contributed by atoms with van der Waals surface area (Å²) in [5, 5.41) is 0. The second kappa shape index (κ2) is 6.13. The normalized spacial score (nSPS) is 21.5. The lowest BCUT2D eigenvalue weighted by Gasteiger charge is -2.30. The molecule has 2 rings (SSSR count). The smallest absolute Gasteiger partial charge is 0.141 e. The van der Waals surface area contributed by atoms with E-state index < -0.39 is 0 Å². The molecule has 0 bridgehead atoms. The van der Waals surface area contributed by atoms with E-state index in [0.717, 1.165) is 38.0 Å². The van der Waals surface area contributed by atoms with Gasteiger partial charge in [0.2, 0.25) is 0 Å². The van der Waals surface area contributed by atoms with Crippen LogP contribution in [0.25, 0.3) is 0 Å². The van der Waals surface area contributed by atoms with Crippen LogP contribution in [0.1, 0.15) is 18.4 Å². The van der Waals surface area contributed by atoms with Gasteiger partial charge in [-0.15, -0.1) is 12.4 Å². The molecule has 1 unspecified atom stereocenters. The summed E-state index contributed by atoms with van der Waals surface area (Å²) >= 11 is 0. The van der Waals surface area contributed by atoms with Crippen LogP contribution in [-0.2, 0) is 6.54 Å². The number of rotatable bonds is 2. The topological polar surface area (TPSA) is 42.1 Å². The molecular formula is C11H17ClFN3. The van der Waals surface area contributed by atoms with E-state index in [9.17, 15) is 4.39 Å². The molecule has 0 saturated carbocycles. The molecule has 90 valence electrons. The van der Waals surface area contributed by atoms with Gasteiger partial charge in [-0.25, -0.2) is 4.39 Å². The molecule has 1 fully saturated rings. The van der Waals surface area contributed by atoms with Gasteiger partial charge in [0.05, 0.1) is 6.20 Å². The number of aromatic nitrogens is 1. The van der Waals surface area contributed by atoms with Gasteiger partial charge in [0, 0.05) is 25.3 Å². The Balaban J connectivity index is 0.00000128. The van der Waals surface area contributed by atoms with Gasteiger partial charge in [0.15, 0.2) is 0 Å². The first-order valence-corrected chi connectivity index (χ1v) is 5.31. The van der Waals surface area contributed by atoms with Crippen molar-refractivity contribution in [1.29, 1.82) is 0 Å². The second-order valence-corrected chi connectivity index (χ2v) is 4.15. The SMILES string of the molecule is Cl.NC1CCCN(Cc2cncc(F)c2)C1. The zero-order valence-electron chi connectivity index (χ0n) is 9.10. The van der Waals surface area contributed by atoms with Crippen LogP contribution in [0.2, 0.25) is 0 Å². The average Bonchev–Trinajstić information content (AvgIpc) is 2.17. The number of likely N-dealkylation sites (tertiary alicyclic amines) is 1. The number of nitrogens with two attached hydrogens (primary N) is 1. The quantitative estimate of drug-likeness (QED) is 0.860. The van der Waals surface area contributed by atoms with Gasteiger partial charge in [-0.2, -0.15) is 0 Å². The Morgan fingerprint density at radius 3 is 3.00 bits per heavy atom. The van der Waals surface area contributed by atoms with E-state index in [-0.39, 0.29) is 24.3 Å². The number of hydrogen-bond donors (Lipinski definition) is 1. The maximum atomic E-state index is 12.9. The number of nitrogens with zero attached hydrogens (tertiary/aromatic N) is 2. The third-order valence-electron chi connectivity index (χ3n) is 2.71. The summed E-state index contributed by atoms with van der Waals surface area (Å²) in [6.07, 6.45) is 5.16. The van der Waals surface area contributed by atoms with E-state index >= 15 is 0 Å². The van der Waals surface area contributed by atoms with Gasteiger partial charge in [-0.3, -0.25) is 9.88 Å². The first-order valence-electron chi connectivity index (χ1n) is 5.31. The fourth-order valence-electron chi connectivity index (χ4n) is 2.04. The zero-order chi connectivity index (χ0) is 10.7. The third kappa shape index (κ3) is 3.70. The molecule has 16 heavy (non-hydrogen) atoms. The van der Waals surface area contributed by atoms with E-state index in [0.29, 0.717) is 0 Å². The molecule has 2 N–H and O–H groups in total. The van der Waals surface area contributed by atoms with Crippen LogP contribution in [0.3, 0.4) is 0 Å². The minimum atomic E-state index is -0.270. The summed E-state index contributed by atoms with van der Waals surface area (Å²) < 4.78 is 12.9. The van der Waals surface area contributed by atoms with Gasteiger partial charge in [0.1, 0.15) is 5.82 Å². The maximum Gasteiger partial charge on any atom is 0.141 e. The minimum absolute atomic E-state index is 0. The number of hydrogen-bond acceptors (Lipinski definition) is 3. The molecular weight excluding hydrogens is 229 g/mol. The van der Waals surface area contributed by atoms with Crippen molar-refractivity contribution in [2.45, 2.75) is 25.4 Å². The first kappa shape index (κ1) is 13.4. The molecule has 1 aliphatic rings. The van der Waals surface area contributed by atoms with E-state index in [2.05, 4.69) is 9.88 Å². The molecule has 1 aliphatic heterocycles. The highest BCUT2D eigenvalue weighted by Gasteiger charge is 2.16. The fourth-order valence-corrected chi connectivity index (χ4v) is 2.04. The number of pyridine rings is 1. The van der Waals surface area contributed by atoms with Gasteiger partial charge in [-0.05, 0) is 31.0 Å². The van der Waals surface area contributed by atoms with E-state index in [1.165, 1.54) is 12.3 Å². The van der Waals surface area contributed by atoms with Gasteiger partial charge < -0.3 is 5.73 Å². The Bertz CT molecular complexity index is 335. The molecule has 1 saturated heterocycles. The summed E-state index contributed by atoms with van der Waals surface area (Å²) in [5.41, 5.74) is 6.80. The summed E-state index contributed by atoms with van der Waals surface area (Å²) in [6.45, 7) is 2.69. The Labute approximate surface area is 101 Å². The molecule has 2 heterocycles. The molecule has 1 aromatic heterocycles. The van der Waals surface area contributed by atoms with Crippen LogP contribution >= 0.6 is 12.4 Å². The number of piperidine rings is 1. The van der Waals surface area contributed by atoms with Crippen LogP contribution in [0.5, 0.6) is 0 Å². The summed E-state index contributed by atoms with van der Waals surface area (Å²) in [4.78, 5) is 6.09. The van der Waals surface area contributed by atoms with Crippen LogP contribution < -0.4 is 5.73 Å². The van der Waals surface area contributed by atoms with Gasteiger partial charge in [-0.1, -0.05) is 0 Å². The van der Waals surface area contributed by atoms with Gasteiger partial charge in [0.25, 0.3) is 0 Å². The van der Waals surface area contributed by atoms with Crippen LogP contribution in [0.4, 0.5) is 4.39 Å². The molecule has 1 aromatic rings. The van der Waals surface area contributed by atoms with Crippen molar-refractivity contribution in [2.24, 2.45) is 5.73 Å². The van der Waals surface area contributed by atoms with Crippen molar-refractivity contribution >= 4 is 12.4 Å². The van der Waals surface area contributed by atoms with Crippen LogP contribution in [-0.4, -0.2) is 29.0 Å². The fraction of sp³-hybridized carbons (Fsp3) is 0.545. The lowest BCUT2D eigenvalue weighted by atomic mass is 10.1. The Hall–Kier alpha value is -0.710. The van der Waals surface area contributed by atoms with Crippen molar-refractivity contribution in [3.63, 3.8) is 0 Å². The molecule has 0 spiro atoms. The standard InChI is InChI=1S/C11H16FN3.ClH/c12-10-4-9(5-14-6-10)7-15-3-1-2-11(13)8-15;/h4-6,11H,1-3,7-8,13H2;1H. The monoisotopic (exact) mass is 245 g/mol. The average molecular weight is 246 g/mol. The van der Waals surface area contributed by atoms with Crippen LogP contribution in [0, 0.1) is 5.82 Å². The van der Waals surface area contributed by atoms with Crippen LogP contribution in [0.15, 0.2) is 18.5 Å². The van der Waals surface area contributed by atoms with Crippen molar-refractivity contribution in [2.75, 3.05) is 13.1 Å². The minimum Gasteiger partial charge on any atom is -0.327 e. The summed E-state index contributed by atoms with van der Waals surface area (Å²) in [5.74, 6) is -0.270. The lowest BCUT2D eigenvalue weighted by molar-refractivity contribution is 0.201. The van der Waals surface area contributed by atoms with Crippen molar-refractivity contribution in [3.05, 3.63) is 29.8 Å². The highest BCUT2D eigenvalue weighted by atomic mass is 35.5. The summed E-state index contributed by atoms with van der Waals surface area (Å²) in [6, 6.07) is 1.80. The highest BCUT2D eigenvalue weighted by Crippen LogP contribution is 2.12. The Morgan fingerprint density at radius 2 is 2.31 bits per heavy atom.